The van der Waals surface area contributed by atoms with E-state index in [1.165, 1.54) is 6.92 Å². The molecule has 78 valence electrons. The fourth-order valence-corrected chi connectivity index (χ4v) is 0.803. The van der Waals surface area contributed by atoms with Crippen LogP contribution in [0, 0.1) is 0 Å². The minimum atomic E-state index is -4.24. The van der Waals surface area contributed by atoms with Gasteiger partial charge in [-0.3, -0.25) is 9.35 Å². The standard InChI is InChI=1S/C6H14N2O4S/c1-5(7)6(9)8-3-2-4-13(10,11)12/h5H,2-4,7H2,1H3,(H,8,9)(H,10,11,12)/i3D2. The van der Waals surface area contributed by atoms with Crippen LogP contribution in [-0.2, 0) is 14.9 Å². The lowest BCUT2D eigenvalue weighted by atomic mass is 10.3. The van der Waals surface area contributed by atoms with Gasteiger partial charge < -0.3 is 11.1 Å². The molecule has 0 rings (SSSR count). The molecule has 0 saturated carbocycles. The number of carbonyl (C=O) groups is 1. The Morgan fingerprint density at radius 3 is 2.69 bits per heavy atom. The van der Waals surface area contributed by atoms with Gasteiger partial charge in [0.2, 0.25) is 5.91 Å². The molecule has 7 heteroatoms. The summed E-state index contributed by atoms with van der Waals surface area (Å²) in [6, 6.07) is -0.884. The van der Waals surface area contributed by atoms with E-state index in [4.69, 9.17) is 13.0 Å². The monoisotopic (exact) mass is 212 g/mol. The molecule has 0 aromatic rings. The summed E-state index contributed by atoms with van der Waals surface area (Å²) in [5.41, 5.74) is 5.18. The molecule has 0 aromatic heterocycles. The molecule has 0 saturated heterocycles. The molecule has 1 amide bonds. The smallest absolute Gasteiger partial charge is 0.264 e. The van der Waals surface area contributed by atoms with Crippen LogP contribution >= 0.6 is 0 Å². The zero-order valence-corrected chi connectivity index (χ0v) is 7.97. The molecule has 0 aliphatic heterocycles. The van der Waals surface area contributed by atoms with Crippen LogP contribution in [0.3, 0.4) is 0 Å². The fourth-order valence-electron chi connectivity index (χ4n) is 0.443. The van der Waals surface area contributed by atoms with E-state index in [0.717, 1.165) is 0 Å². The van der Waals surface area contributed by atoms with Crippen molar-refractivity contribution in [1.29, 1.82) is 0 Å². The fraction of sp³-hybridized carbons (Fsp3) is 0.833. The first kappa shape index (κ1) is 8.92. The van der Waals surface area contributed by atoms with Crippen LogP contribution in [0.5, 0.6) is 0 Å². The maximum absolute atomic E-state index is 11.0. The van der Waals surface area contributed by atoms with Gasteiger partial charge in [-0.05, 0) is 13.3 Å². The SMILES string of the molecule is [2H]C([2H])(CCS(=O)(=O)O)NC(=O)C(C)N. The van der Waals surface area contributed by atoms with Gasteiger partial charge in [0.05, 0.1) is 11.8 Å². The third-order valence-corrected chi connectivity index (χ3v) is 1.83. The van der Waals surface area contributed by atoms with Gasteiger partial charge in [0.15, 0.2) is 0 Å². The first-order valence-corrected chi connectivity index (χ1v) is 5.17. The summed E-state index contributed by atoms with van der Waals surface area (Å²) in [5.74, 6) is -1.49. The van der Waals surface area contributed by atoms with Crippen molar-refractivity contribution in [3.63, 3.8) is 0 Å². The maximum atomic E-state index is 11.0. The van der Waals surface area contributed by atoms with E-state index in [1.807, 2.05) is 5.32 Å². The van der Waals surface area contributed by atoms with Crippen LogP contribution in [0.2, 0.25) is 0 Å². The molecule has 4 N–H and O–H groups in total. The van der Waals surface area contributed by atoms with E-state index in [0.29, 0.717) is 0 Å². The Bertz CT molecular complexity index is 328. The molecule has 0 aromatic carbocycles. The highest BCUT2D eigenvalue weighted by molar-refractivity contribution is 7.85. The zero-order chi connectivity index (χ0) is 12.3. The first-order chi connectivity index (χ1) is 6.53. The number of amides is 1. The lowest BCUT2D eigenvalue weighted by Gasteiger charge is -2.06. The molecule has 1 unspecified atom stereocenters. The molecule has 13 heavy (non-hydrogen) atoms. The van der Waals surface area contributed by atoms with E-state index in [1.54, 1.807) is 0 Å². The van der Waals surface area contributed by atoms with E-state index < -0.39 is 40.7 Å². The summed E-state index contributed by atoms with van der Waals surface area (Å²) < 4.78 is 43.6. The number of carbonyl (C=O) groups excluding carboxylic acids is 1. The largest absolute Gasteiger partial charge is 0.355 e. The van der Waals surface area contributed by atoms with E-state index >= 15 is 0 Å². The summed E-state index contributed by atoms with van der Waals surface area (Å²) in [7, 11) is -4.24. The molecule has 1 atom stereocenters. The van der Waals surface area contributed by atoms with Crippen molar-refractivity contribution in [2.45, 2.75) is 19.4 Å². The summed E-state index contributed by atoms with van der Waals surface area (Å²) in [6.07, 6.45) is -0.537. The zero-order valence-electron chi connectivity index (χ0n) is 9.15. The summed E-state index contributed by atoms with van der Waals surface area (Å²) in [6.45, 7) is -0.839. The summed E-state index contributed by atoms with van der Waals surface area (Å²) in [5, 5.41) is 1.92. The van der Waals surface area contributed by atoms with Gasteiger partial charge in [0.25, 0.3) is 10.1 Å². The molecule has 0 aliphatic rings. The van der Waals surface area contributed by atoms with E-state index in [2.05, 4.69) is 0 Å². The molecule has 0 radical (unpaired) electrons. The van der Waals surface area contributed by atoms with Gasteiger partial charge >= 0.3 is 0 Å². The number of hydrogen-bond donors (Lipinski definition) is 3. The Kier molecular flexibility index (Phi) is 3.53. The van der Waals surface area contributed by atoms with Gasteiger partial charge in [-0.15, -0.1) is 0 Å². The van der Waals surface area contributed by atoms with Crippen LogP contribution in [0.15, 0.2) is 0 Å². The number of rotatable bonds is 5. The second-order valence-corrected chi connectivity index (χ2v) is 4.06. The predicted molar refractivity (Wildman–Crippen MR) is 47.7 cm³/mol. The van der Waals surface area contributed by atoms with Crippen molar-refractivity contribution in [1.82, 2.24) is 5.32 Å². The van der Waals surface area contributed by atoms with Gasteiger partial charge in [0, 0.05) is 9.24 Å². The average molecular weight is 212 g/mol. The number of nitrogens with two attached hydrogens (primary N) is 1. The second-order valence-electron chi connectivity index (χ2n) is 2.49. The maximum Gasteiger partial charge on any atom is 0.264 e. The Labute approximate surface area is 80.1 Å². The molecule has 0 bridgehead atoms. The molecule has 6 nitrogen and oxygen atoms in total. The molecule has 0 spiro atoms. The number of nitrogens with one attached hydrogen (secondary N) is 1. The highest BCUT2D eigenvalue weighted by atomic mass is 32.2. The van der Waals surface area contributed by atoms with Crippen molar-refractivity contribution in [3.8, 4) is 0 Å². The summed E-state index contributed by atoms with van der Waals surface area (Å²) >= 11 is 0. The Balaban J connectivity index is 4.25. The van der Waals surface area contributed by atoms with E-state index in [9.17, 15) is 13.2 Å². The molecule has 0 aliphatic carbocycles. The Morgan fingerprint density at radius 1 is 1.77 bits per heavy atom. The van der Waals surface area contributed by atoms with Crippen LogP contribution in [0.4, 0.5) is 0 Å². The van der Waals surface area contributed by atoms with Crippen molar-refractivity contribution >= 4 is 16.0 Å². The Morgan fingerprint density at radius 2 is 2.31 bits per heavy atom. The van der Waals surface area contributed by atoms with Gasteiger partial charge in [0.1, 0.15) is 0 Å². The van der Waals surface area contributed by atoms with Gasteiger partial charge in [-0.25, -0.2) is 0 Å². The minimum Gasteiger partial charge on any atom is -0.355 e. The second kappa shape index (κ2) is 5.15. The van der Waals surface area contributed by atoms with Crippen LogP contribution < -0.4 is 11.1 Å². The third-order valence-electron chi connectivity index (χ3n) is 1.11. The van der Waals surface area contributed by atoms with Crippen LogP contribution in [0.1, 0.15) is 16.1 Å². The van der Waals surface area contributed by atoms with Crippen LogP contribution in [0.25, 0.3) is 0 Å². The normalized spacial score (nSPS) is 17.2. The molecule has 0 fully saturated rings. The van der Waals surface area contributed by atoms with Crippen molar-refractivity contribution in [3.05, 3.63) is 0 Å². The quantitative estimate of drug-likeness (QED) is 0.492. The first-order valence-electron chi connectivity index (χ1n) is 4.56. The molecule has 0 heterocycles. The highest BCUT2D eigenvalue weighted by Crippen LogP contribution is 1.86. The predicted octanol–water partition coefficient (Wildman–Crippen LogP) is -1.27. The van der Waals surface area contributed by atoms with Crippen molar-refractivity contribution in [2.75, 3.05) is 12.2 Å². The van der Waals surface area contributed by atoms with E-state index in [-0.39, 0.29) is 0 Å². The third kappa shape index (κ3) is 7.69. The molecular formula is C6H14N2O4S. The van der Waals surface area contributed by atoms with Crippen molar-refractivity contribution in [2.24, 2.45) is 5.73 Å². The van der Waals surface area contributed by atoms with Crippen molar-refractivity contribution < 1.29 is 20.5 Å². The number of hydrogen-bond acceptors (Lipinski definition) is 4. The van der Waals surface area contributed by atoms with Crippen LogP contribution in [-0.4, -0.2) is 37.2 Å². The topological polar surface area (TPSA) is 109 Å². The minimum absolute atomic E-state index is 0.537. The highest BCUT2D eigenvalue weighted by Gasteiger charge is 2.07. The average Bonchev–Trinajstić information content (AvgIpc) is 1.99. The lowest BCUT2D eigenvalue weighted by molar-refractivity contribution is -0.121. The Hall–Kier alpha value is -0.660. The molecular weight excluding hydrogens is 196 g/mol. The van der Waals surface area contributed by atoms with Gasteiger partial charge in [-0.1, -0.05) is 0 Å². The summed E-state index contributed by atoms with van der Waals surface area (Å²) in [4.78, 5) is 11.0. The van der Waals surface area contributed by atoms with Gasteiger partial charge in [-0.2, -0.15) is 8.42 Å². The lowest BCUT2D eigenvalue weighted by Crippen LogP contribution is -2.39.